The Balaban J connectivity index is 2.78. The zero-order chi connectivity index (χ0) is 22.0. The molecule has 0 spiro atoms. The molecule has 1 amide bonds. The highest BCUT2D eigenvalue weighted by Crippen LogP contribution is 2.16. The van der Waals surface area contributed by atoms with Gasteiger partial charge in [-0.25, -0.2) is 4.79 Å². The van der Waals surface area contributed by atoms with Crippen LogP contribution in [0, 0.1) is 11.5 Å². The smallest absolute Gasteiger partial charge is 0.328 e. The molecule has 0 radical (unpaired) electrons. The van der Waals surface area contributed by atoms with E-state index in [2.05, 4.69) is 31.1 Å². The van der Waals surface area contributed by atoms with Gasteiger partial charge in [0.15, 0.2) is 0 Å². The second-order valence-electron chi connectivity index (χ2n) is 7.85. The average molecular weight is 418 g/mol. The maximum Gasteiger partial charge on any atom is 0.328 e. The standard InChI is InChI=1S/C22H31NO5Si/c1-17(22(26)28-3)23(16-18-10-12-20(27-2)13-11-18)21(25)9-7-8-19(24)14-15-29(4,5)6/h10-13,17H,7-9,16H2,1-6H3. The van der Waals surface area contributed by atoms with Crippen LogP contribution in [0.3, 0.4) is 0 Å². The Morgan fingerprint density at radius 2 is 1.69 bits per heavy atom. The van der Waals surface area contributed by atoms with Crippen LogP contribution >= 0.6 is 0 Å². The molecule has 1 rings (SSSR count). The topological polar surface area (TPSA) is 72.9 Å². The van der Waals surface area contributed by atoms with E-state index in [0.29, 0.717) is 12.2 Å². The molecular weight excluding hydrogens is 386 g/mol. The molecule has 0 saturated heterocycles. The molecule has 0 aromatic heterocycles. The van der Waals surface area contributed by atoms with Crippen LogP contribution < -0.4 is 4.74 Å². The molecule has 0 heterocycles. The molecule has 1 unspecified atom stereocenters. The van der Waals surface area contributed by atoms with Gasteiger partial charge < -0.3 is 14.4 Å². The highest BCUT2D eigenvalue weighted by atomic mass is 28.3. The van der Waals surface area contributed by atoms with Crippen LogP contribution in [0.15, 0.2) is 24.3 Å². The molecule has 0 aliphatic heterocycles. The number of esters is 1. The van der Waals surface area contributed by atoms with E-state index in [1.54, 1.807) is 26.2 Å². The number of benzene rings is 1. The van der Waals surface area contributed by atoms with Gasteiger partial charge in [-0.05, 0) is 37.0 Å². The number of ketones is 1. The number of Topliss-reactive ketones (excluding diaryl/α,β-unsaturated/α-hetero) is 1. The van der Waals surface area contributed by atoms with E-state index in [9.17, 15) is 14.4 Å². The summed E-state index contributed by atoms with van der Waals surface area (Å²) in [7, 11) is 1.28. The number of hydrogen-bond acceptors (Lipinski definition) is 5. The van der Waals surface area contributed by atoms with Crippen LogP contribution in [-0.4, -0.2) is 50.9 Å². The molecule has 7 heteroatoms. The molecule has 0 saturated carbocycles. The van der Waals surface area contributed by atoms with Gasteiger partial charge in [-0.2, -0.15) is 0 Å². The van der Waals surface area contributed by atoms with Crippen molar-refractivity contribution in [3.05, 3.63) is 29.8 Å². The molecule has 0 aliphatic rings. The number of ether oxygens (including phenoxy) is 2. The SMILES string of the molecule is COC(=O)C(C)N(Cc1ccc(OC)cc1)C(=O)CCCC(=O)C#C[Si](C)(C)C. The quantitative estimate of drug-likeness (QED) is 0.350. The Kier molecular flexibility index (Phi) is 9.62. The third kappa shape index (κ3) is 8.96. The lowest BCUT2D eigenvalue weighted by atomic mass is 10.1. The van der Waals surface area contributed by atoms with Crippen molar-refractivity contribution in [1.29, 1.82) is 0 Å². The number of rotatable bonds is 9. The molecule has 0 bridgehead atoms. The second-order valence-corrected chi connectivity index (χ2v) is 12.6. The van der Waals surface area contributed by atoms with Crippen molar-refractivity contribution in [1.82, 2.24) is 4.90 Å². The fraction of sp³-hybridized carbons (Fsp3) is 0.500. The molecular formula is C22H31NO5Si. The Labute approximate surface area is 174 Å². The summed E-state index contributed by atoms with van der Waals surface area (Å²) in [5.74, 6) is 2.57. The lowest BCUT2D eigenvalue weighted by Crippen LogP contribution is -2.43. The van der Waals surface area contributed by atoms with Crippen LogP contribution in [-0.2, 0) is 25.7 Å². The van der Waals surface area contributed by atoms with Gasteiger partial charge in [0.25, 0.3) is 0 Å². The van der Waals surface area contributed by atoms with Crippen molar-refractivity contribution in [3.63, 3.8) is 0 Å². The van der Waals surface area contributed by atoms with Crippen molar-refractivity contribution in [2.45, 2.75) is 58.4 Å². The van der Waals surface area contributed by atoms with Crippen molar-refractivity contribution in [2.24, 2.45) is 0 Å². The molecule has 6 nitrogen and oxygen atoms in total. The molecule has 29 heavy (non-hydrogen) atoms. The summed E-state index contributed by atoms with van der Waals surface area (Å²) in [6.45, 7) is 8.12. The lowest BCUT2D eigenvalue weighted by Gasteiger charge is -2.27. The summed E-state index contributed by atoms with van der Waals surface area (Å²) in [4.78, 5) is 38.2. The van der Waals surface area contributed by atoms with Gasteiger partial charge in [-0.3, -0.25) is 9.59 Å². The van der Waals surface area contributed by atoms with E-state index in [1.807, 2.05) is 12.1 Å². The number of hydrogen-bond donors (Lipinski definition) is 0. The predicted molar refractivity (Wildman–Crippen MR) is 115 cm³/mol. The minimum Gasteiger partial charge on any atom is -0.497 e. The average Bonchev–Trinajstić information content (AvgIpc) is 2.69. The highest BCUT2D eigenvalue weighted by Gasteiger charge is 2.26. The van der Waals surface area contributed by atoms with Gasteiger partial charge in [-0.1, -0.05) is 31.8 Å². The van der Waals surface area contributed by atoms with Gasteiger partial charge >= 0.3 is 5.97 Å². The zero-order valence-electron chi connectivity index (χ0n) is 18.2. The van der Waals surface area contributed by atoms with E-state index in [1.165, 1.54) is 12.0 Å². The zero-order valence-corrected chi connectivity index (χ0v) is 19.2. The van der Waals surface area contributed by atoms with Gasteiger partial charge in [0.1, 0.15) is 19.9 Å². The summed E-state index contributed by atoms with van der Waals surface area (Å²) in [6.07, 6.45) is 0.787. The summed E-state index contributed by atoms with van der Waals surface area (Å²) < 4.78 is 9.95. The van der Waals surface area contributed by atoms with E-state index in [4.69, 9.17) is 9.47 Å². The monoisotopic (exact) mass is 417 g/mol. The number of methoxy groups -OCH3 is 2. The van der Waals surface area contributed by atoms with E-state index >= 15 is 0 Å². The molecule has 0 aliphatic carbocycles. The third-order valence-electron chi connectivity index (χ3n) is 4.21. The third-order valence-corrected chi connectivity index (χ3v) is 5.09. The van der Waals surface area contributed by atoms with Gasteiger partial charge in [-0.15, -0.1) is 5.54 Å². The first-order valence-electron chi connectivity index (χ1n) is 9.63. The number of carbonyl (C=O) groups is 3. The van der Waals surface area contributed by atoms with Crippen LogP contribution in [0.1, 0.15) is 31.7 Å². The predicted octanol–water partition coefficient (Wildman–Crippen LogP) is 3.21. The molecule has 158 valence electrons. The number of amides is 1. The molecule has 1 aromatic rings. The van der Waals surface area contributed by atoms with Gasteiger partial charge in [0.2, 0.25) is 11.7 Å². The first-order valence-corrected chi connectivity index (χ1v) is 13.1. The van der Waals surface area contributed by atoms with E-state index in [0.717, 1.165) is 5.56 Å². The summed E-state index contributed by atoms with van der Waals surface area (Å²) in [5.41, 5.74) is 3.91. The largest absolute Gasteiger partial charge is 0.497 e. The van der Waals surface area contributed by atoms with Crippen molar-refractivity contribution in [2.75, 3.05) is 14.2 Å². The Bertz CT molecular complexity index is 771. The van der Waals surface area contributed by atoms with Gasteiger partial charge in [0, 0.05) is 19.4 Å². The minimum absolute atomic E-state index is 0.150. The Morgan fingerprint density at radius 3 is 2.21 bits per heavy atom. The molecule has 1 atom stereocenters. The van der Waals surface area contributed by atoms with Crippen LogP contribution in [0.25, 0.3) is 0 Å². The van der Waals surface area contributed by atoms with Gasteiger partial charge in [0.05, 0.1) is 14.2 Å². The fourth-order valence-electron chi connectivity index (χ4n) is 2.53. The normalized spacial score (nSPS) is 11.7. The van der Waals surface area contributed by atoms with Crippen LogP contribution in [0.5, 0.6) is 5.75 Å². The minimum atomic E-state index is -1.60. The van der Waals surface area contributed by atoms with E-state index in [-0.39, 0.29) is 31.1 Å². The molecule has 1 aromatic carbocycles. The Morgan fingerprint density at radius 1 is 1.07 bits per heavy atom. The maximum atomic E-state index is 12.8. The summed E-state index contributed by atoms with van der Waals surface area (Å²) in [5, 5.41) is 0. The van der Waals surface area contributed by atoms with Crippen molar-refractivity contribution >= 4 is 25.7 Å². The van der Waals surface area contributed by atoms with E-state index < -0.39 is 20.1 Å². The summed E-state index contributed by atoms with van der Waals surface area (Å²) >= 11 is 0. The van der Waals surface area contributed by atoms with Crippen molar-refractivity contribution < 1.29 is 23.9 Å². The molecule has 0 fully saturated rings. The maximum absolute atomic E-state index is 12.8. The van der Waals surface area contributed by atoms with Crippen LogP contribution in [0.4, 0.5) is 0 Å². The Hall–Kier alpha value is -2.59. The number of carbonyl (C=O) groups excluding carboxylic acids is 3. The fourth-order valence-corrected chi connectivity index (χ4v) is 3.04. The highest BCUT2D eigenvalue weighted by molar-refractivity contribution is 6.84. The first-order chi connectivity index (χ1) is 13.6. The number of nitrogens with zero attached hydrogens (tertiary/aromatic N) is 1. The molecule has 0 N–H and O–H groups in total. The first kappa shape index (κ1) is 24.4. The van der Waals surface area contributed by atoms with Crippen molar-refractivity contribution in [3.8, 4) is 17.2 Å². The summed E-state index contributed by atoms with van der Waals surface area (Å²) in [6, 6.07) is 6.57. The second kappa shape index (κ2) is 11.4. The van der Waals surface area contributed by atoms with Crippen LogP contribution in [0.2, 0.25) is 19.6 Å². The lowest BCUT2D eigenvalue weighted by molar-refractivity contribution is -0.152.